The van der Waals surface area contributed by atoms with Crippen LogP contribution in [0.15, 0.2) is 182 Å². The number of amides is 4. The van der Waals surface area contributed by atoms with E-state index in [2.05, 4.69) is 50.9 Å². The minimum Gasteiger partial charge on any atom is -0.354 e. The minimum atomic E-state index is -4.48. The summed E-state index contributed by atoms with van der Waals surface area (Å²) in [7, 11) is 0. The van der Waals surface area contributed by atoms with Crippen LogP contribution >= 0.6 is 0 Å². The van der Waals surface area contributed by atoms with Crippen molar-refractivity contribution in [2.75, 3.05) is 80.2 Å². The lowest BCUT2D eigenvalue weighted by Crippen LogP contribution is -2.38. The number of aromatic nitrogens is 6. The van der Waals surface area contributed by atoms with E-state index in [1.807, 2.05) is 156 Å². The molecule has 5 aliphatic heterocycles. The molecule has 4 amide bonds. The molecule has 97 heavy (non-hydrogen) atoms. The minimum absolute atomic E-state index is 0.142. The Morgan fingerprint density at radius 2 is 0.876 bits per heavy atom. The lowest BCUT2D eigenvalue weighted by atomic mass is 10.0. The van der Waals surface area contributed by atoms with Crippen LogP contribution in [-0.2, 0) is 27.1 Å². The molecule has 1 fully saturated rings. The average molecular weight is 1290 g/mol. The molecule has 0 spiro atoms. The Hall–Kier alpha value is -11.3. The molecule has 14 bridgehead atoms. The van der Waals surface area contributed by atoms with Gasteiger partial charge in [-0.2, -0.15) is 13.2 Å². The van der Waals surface area contributed by atoms with E-state index in [9.17, 15) is 32.3 Å². The van der Waals surface area contributed by atoms with E-state index in [4.69, 9.17) is 9.97 Å². The highest BCUT2D eigenvalue weighted by Gasteiger charge is 2.31. The number of carbonyl (C=O) groups is 4. The second kappa shape index (κ2) is 26.5. The Bertz CT molecular complexity index is 4940. The molecule has 15 rings (SSSR count). The van der Waals surface area contributed by atoms with E-state index in [-0.39, 0.29) is 43.5 Å². The summed E-state index contributed by atoms with van der Waals surface area (Å²) >= 11 is 0. The fourth-order valence-corrected chi connectivity index (χ4v) is 13.6. The number of anilines is 4. The van der Waals surface area contributed by atoms with Gasteiger partial charge in [-0.25, -0.2) is 15.0 Å². The van der Waals surface area contributed by atoms with E-state index in [1.165, 1.54) is 12.1 Å². The van der Waals surface area contributed by atoms with Crippen molar-refractivity contribution in [3.63, 3.8) is 0 Å². The molecule has 10 aromatic rings. The lowest BCUT2D eigenvalue weighted by Gasteiger charge is -2.25. The molecule has 1 saturated heterocycles. The molecular weight excluding hydrogens is 1230 g/mol. The fourth-order valence-electron chi connectivity index (χ4n) is 13.6. The summed E-state index contributed by atoms with van der Waals surface area (Å²) in [5, 5.41) is 13.2. The number of nitrogens with zero attached hydrogens (tertiary/aromatic N) is 7. The molecule has 0 aliphatic carbocycles. The number of aromatic amines is 2. The first kappa shape index (κ1) is 61.8. The van der Waals surface area contributed by atoms with E-state index in [0.717, 1.165) is 23.3 Å². The van der Waals surface area contributed by atoms with Crippen LogP contribution in [0, 0.1) is 0 Å². The van der Waals surface area contributed by atoms with Gasteiger partial charge in [0.25, 0.3) is 5.91 Å². The van der Waals surface area contributed by atoms with Gasteiger partial charge in [0.1, 0.15) is 0 Å². The average Bonchev–Trinajstić information content (AvgIpc) is 1.63. The lowest BCUT2D eigenvalue weighted by molar-refractivity contribution is -0.137. The molecule has 3 atom stereocenters. The Morgan fingerprint density at radius 3 is 1.32 bits per heavy atom. The van der Waals surface area contributed by atoms with Crippen LogP contribution in [-0.4, -0.2) is 127 Å². The van der Waals surface area contributed by atoms with Crippen LogP contribution in [0.5, 0.6) is 0 Å². The second-order valence-corrected chi connectivity index (χ2v) is 24.7. The number of alkyl halides is 3. The molecule has 4 aromatic heterocycles. The summed E-state index contributed by atoms with van der Waals surface area (Å²) in [4.78, 5) is 88.5. The van der Waals surface area contributed by atoms with E-state index < -0.39 is 17.6 Å². The van der Waals surface area contributed by atoms with Crippen LogP contribution in [0.1, 0.15) is 63.5 Å². The van der Waals surface area contributed by atoms with Gasteiger partial charge in [0.2, 0.25) is 17.7 Å². The van der Waals surface area contributed by atoms with Crippen LogP contribution in [0.25, 0.3) is 102 Å². The number of carbonyl (C=O) groups excluding carboxylic acids is 4. The predicted molar refractivity (Wildman–Crippen MR) is 376 cm³/mol. The third-order valence-electron chi connectivity index (χ3n) is 18.5. The van der Waals surface area contributed by atoms with Crippen molar-refractivity contribution in [2.24, 2.45) is 0 Å². The number of para-hydroxylation sites is 4. The van der Waals surface area contributed by atoms with E-state index >= 15 is 0 Å². The summed E-state index contributed by atoms with van der Waals surface area (Å²) in [5.41, 5.74) is 14.1. The zero-order valence-corrected chi connectivity index (χ0v) is 52.7. The molecule has 3 unspecified atom stereocenters. The standard InChI is InChI=1S/C77H66F3N13O4/c78-77(79,80)51-22-20-49(21-23-51)68-45-81-47-93(68)46-48-10-9-11-50(44-48)76(97)89-59-19-8-4-15-55(59)75-66-30-28-64(84-66)73-53-13-2-6-17-57(53)87-70(95)33-36-91-40-38-90-35-32-69(94)86-56-16-5-1-12-52(56)72(60-24-26-62(73)82-60)61-25-27-63(83-61)74(65-29-31-67(75)85-65)54-14-3-7-18-58(54)88-71(96)34-37-92(41-39-90)43-42-91/h1-31,44-45,47,82,85H,32-43,46H2,(H,86,94)(H,87,95)(H,88,96)(H,89,97). The summed E-state index contributed by atoms with van der Waals surface area (Å²) in [6.07, 6.45) is 7.20. The fraction of sp³-hybridized carbons (Fsp3) is 0.182. The Balaban J connectivity index is 0.945. The van der Waals surface area contributed by atoms with Gasteiger partial charge >= 0.3 is 6.18 Å². The van der Waals surface area contributed by atoms with Crippen LogP contribution in [0.3, 0.4) is 0 Å². The monoisotopic (exact) mass is 1290 g/mol. The zero-order valence-electron chi connectivity index (χ0n) is 52.7. The number of halogens is 3. The van der Waals surface area contributed by atoms with Crippen molar-refractivity contribution in [1.29, 1.82) is 0 Å². The van der Waals surface area contributed by atoms with Crippen molar-refractivity contribution in [3.8, 4) is 55.8 Å². The number of hydrogen-bond acceptors (Lipinski definition) is 10. The molecule has 6 N–H and O–H groups in total. The maximum Gasteiger partial charge on any atom is 0.416 e. The van der Waals surface area contributed by atoms with Gasteiger partial charge in [-0.3, -0.25) is 19.2 Å². The number of nitrogens with one attached hydrogen (secondary N) is 6. The number of hydrogen-bond donors (Lipinski definition) is 6. The molecular formula is C77H66F3N13O4. The normalized spacial score (nSPS) is 17.4. The highest BCUT2D eigenvalue weighted by atomic mass is 19.4. The number of imidazole rings is 1. The van der Waals surface area contributed by atoms with Crippen LogP contribution in [0.2, 0.25) is 0 Å². The SMILES string of the molecule is O=C1CCN2CCN3CCC(=O)Nc4ccccc4-c4c5nc(c(-c6ccccc6NC(=O)c6cccc(Cn7cncc7-c7ccc(C(F)(F)F)cc7)c6)c6ccc([nH]6)c(c6nc(c(c7ccc4[nH]7)-c4ccccc4N1)C=C6)-c1ccccc1NC(=O)CCN(CC2)CC3)C=C5. The van der Waals surface area contributed by atoms with Crippen LogP contribution < -0.4 is 21.3 Å². The van der Waals surface area contributed by atoms with E-state index in [1.54, 1.807) is 30.7 Å². The molecule has 9 heterocycles. The number of fused-ring (bicyclic) bond motifs is 17. The van der Waals surface area contributed by atoms with Gasteiger partial charge in [0.05, 0.1) is 46.6 Å². The third-order valence-corrected chi connectivity index (χ3v) is 18.5. The maximum absolute atomic E-state index is 14.9. The van der Waals surface area contributed by atoms with Gasteiger partial charge in [-0.1, -0.05) is 97.1 Å². The molecule has 484 valence electrons. The molecule has 5 aliphatic rings. The summed E-state index contributed by atoms with van der Waals surface area (Å²) in [5.74, 6) is -0.882. The highest BCUT2D eigenvalue weighted by molar-refractivity contribution is 6.10. The highest BCUT2D eigenvalue weighted by Crippen LogP contribution is 2.44. The molecule has 6 aromatic carbocycles. The van der Waals surface area contributed by atoms with Gasteiger partial charge in [0.15, 0.2) is 0 Å². The van der Waals surface area contributed by atoms with Crippen molar-refractivity contribution >= 4 is 92.7 Å². The largest absolute Gasteiger partial charge is 0.416 e. The van der Waals surface area contributed by atoms with E-state index in [0.29, 0.717) is 182 Å². The van der Waals surface area contributed by atoms with Gasteiger partial charge in [-0.05, 0) is 108 Å². The van der Waals surface area contributed by atoms with Crippen molar-refractivity contribution in [2.45, 2.75) is 32.0 Å². The summed E-state index contributed by atoms with van der Waals surface area (Å²) in [6, 6.07) is 50.9. The van der Waals surface area contributed by atoms with Crippen LogP contribution in [0.4, 0.5) is 35.9 Å². The Labute approximate surface area is 556 Å². The maximum atomic E-state index is 14.9. The summed E-state index contributed by atoms with van der Waals surface area (Å²) < 4.78 is 42.4. The third kappa shape index (κ3) is 13.0. The van der Waals surface area contributed by atoms with Gasteiger partial charge in [0, 0.05) is 180 Å². The molecule has 17 nitrogen and oxygen atoms in total. The second-order valence-electron chi connectivity index (χ2n) is 24.7. The van der Waals surface area contributed by atoms with Crippen molar-refractivity contribution < 1.29 is 32.3 Å². The molecule has 0 radical (unpaired) electrons. The topological polar surface area (TPSA) is 201 Å². The first-order valence-corrected chi connectivity index (χ1v) is 32.5. The first-order valence-electron chi connectivity index (χ1n) is 32.5. The first-order chi connectivity index (χ1) is 47.3. The predicted octanol–water partition coefficient (Wildman–Crippen LogP) is 14.4. The van der Waals surface area contributed by atoms with Gasteiger partial charge < -0.3 is 50.5 Å². The zero-order chi connectivity index (χ0) is 66.2. The smallest absolute Gasteiger partial charge is 0.354 e. The van der Waals surface area contributed by atoms with Crippen molar-refractivity contribution in [1.82, 2.24) is 44.2 Å². The quantitative estimate of drug-likeness (QED) is 0.0930. The van der Waals surface area contributed by atoms with Gasteiger partial charge in [-0.15, -0.1) is 0 Å². The Kier molecular flexibility index (Phi) is 16.9. The number of rotatable bonds is 6. The number of benzene rings is 6. The van der Waals surface area contributed by atoms with Crippen molar-refractivity contribution in [3.05, 3.63) is 222 Å². The Morgan fingerprint density at radius 1 is 0.464 bits per heavy atom. The molecule has 0 saturated carbocycles. The molecule has 20 heteroatoms. The summed E-state index contributed by atoms with van der Waals surface area (Å²) in [6.45, 7) is 5.75. The number of H-pyrrole nitrogens is 2.